The molecule has 0 bridgehead atoms. The Kier molecular flexibility index (Phi) is 5.78. The van der Waals surface area contributed by atoms with Crippen molar-refractivity contribution in [1.29, 1.82) is 0 Å². The maximum atomic E-state index is 13.0. The Morgan fingerprint density at radius 3 is 1.32 bits per heavy atom. The Morgan fingerprint density at radius 1 is 0.677 bits per heavy atom. The molecule has 0 unspecified atom stereocenters. The fourth-order valence-electron chi connectivity index (χ4n) is 5.23. The molecule has 31 heavy (non-hydrogen) atoms. The van der Waals surface area contributed by atoms with Crippen LogP contribution in [0.3, 0.4) is 0 Å². The zero-order chi connectivity index (χ0) is 22.1. The van der Waals surface area contributed by atoms with E-state index in [1.165, 1.54) is 5.06 Å². The van der Waals surface area contributed by atoms with E-state index in [1.54, 1.807) is 0 Å². The van der Waals surface area contributed by atoms with Gasteiger partial charge in [-0.3, -0.25) is 0 Å². The molecule has 0 atom stereocenters. The average molecular weight is 415 g/mol. The van der Waals surface area contributed by atoms with Gasteiger partial charge in [-0.15, -0.1) is 10.3 Å². The monoisotopic (exact) mass is 414 g/mol. The second kappa shape index (κ2) is 8.23. The van der Waals surface area contributed by atoms with Crippen LogP contribution in [0.1, 0.15) is 57.2 Å². The topological polar surface area (TPSA) is 32.4 Å². The molecule has 1 saturated heterocycles. The first kappa shape index (κ1) is 21.8. The van der Waals surface area contributed by atoms with Gasteiger partial charge in [0.15, 0.2) is 0 Å². The van der Waals surface area contributed by atoms with E-state index in [4.69, 9.17) is 4.74 Å². The van der Waals surface area contributed by atoms with Crippen LogP contribution in [0.5, 0.6) is 0 Å². The number of benzene rings is 3. The molecule has 3 aromatic carbocycles. The average Bonchev–Trinajstić information content (AvgIpc) is 2.77. The number of piperidine rings is 1. The smallest absolute Gasteiger partial charge is 0.144 e. The summed E-state index contributed by atoms with van der Waals surface area (Å²) in [7, 11) is 0. The normalized spacial score (nSPS) is 19.3. The molecule has 1 heterocycles. The quantitative estimate of drug-likeness (QED) is 0.455. The highest BCUT2D eigenvalue weighted by Crippen LogP contribution is 2.46. The van der Waals surface area contributed by atoms with Gasteiger partial charge in [0, 0.05) is 11.1 Å². The van der Waals surface area contributed by atoms with Crippen LogP contribution in [0.4, 0.5) is 0 Å². The van der Waals surface area contributed by atoms with Gasteiger partial charge in [0.1, 0.15) is 5.60 Å². The van der Waals surface area contributed by atoms with Crippen LogP contribution >= 0.6 is 0 Å². The molecule has 1 fully saturated rings. The first-order valence-corrected chi connectivity index (χ1v) is 11.1. The summed E-state index contributed by atoms with van der Waals surface area (Å²) in [5.74, 6) is 0. The lowest BCUT2D eigenvalue weighted by atomic mass is 9.77. The van der Waals surface area contributed by atoms with Gasteiger partial charge in [-0.1, -0.05) is 91.0 Å². The molecule has 0 saturated carbocycles. The molecule has 1 aliphatic heterocycles. The molecule has 1 radical (unpaired) electrons. The number of ether oxygens (including phenoxy) is 1. The summed E-state index contributed by atoms with van der Waals surface area (Å²) >= 11 is 0. The SMILES string of the molecule is CC1(C)CC(OC(c2ccccc2)(c2ccccc2)c2ccccc2)CC(C)(C)N1[O]. The van der Waals surface area contributed by atoms with Crippen molar-refractivity contribution >= 4 is 0 Å². The van der Waals surface area contributed by atoms with Crippen LogP contribution in [0.15, 0.2) is 91.0 Å². The molecule has 3 aromatic rings. The Bertz CT molecular complexity index is 869. The van der Waals surface area contributed by atoms with E-state index in [0.29, 0.717) is 12.8 Å². The maximum absolute atomic E-state index is 13.0. The highest BCUT2D eigenvalue weighted by Gasteiger charge is 2.49. The van der Waals surface area contributed by atoms with Gasteiger partial charge in [0.05, 0.1) is 6.10 Å². The minimum Gasteiger partial charge on any atom is -0.357 e. The van der Waals surface area contributed by atoms with Gasteiger partial charge < -0.3 is 4.74 Å². The molecule has 3 heteroatoms. The van der Waals surface area contributed by atoms with Crippen molar-refractivity contribution < 1.29 is 9.94 Å². The molecular formula is C28H32NO2. The van der Waals surface area contributed by atoms with Crippen molar-refractivity contribution in [2.45, 2.75) is 63.3 Å². The summed E-state index contributed by atoms with van der Waals surface area (Å²) in [5, 5.41) is 14.2. The van der Waals surface area contributed by atoms with Crippen molar-refractivity contribution in [3.63, 3.8) is 0 Å². The number of hydrogen-bond donors (Lipinski definition) is 0. The number of hydroxylamine groups is 2. The van der Waals surface area contributed by atoms with E-state index >= 15 is 0 Å². The second-order valence-electron chi connectivity index (χ2n) is 9.85. The van der Waals surface area contributed by atoms with Gasteiger partial charge >= 0.3 is 0 Å². The van der Waals surface area contributed by atoms with Gasteiger partial charge in [-0.05, 0) is 57.2 Å². The highest BCUT2D eigenvalue weighted by molar-refractivity contribution is 5.47. The van der Waals surface area contributed by atoms with Gasteiger partial charge in [-0.2, -0.15) is 0 Å². The molecule has 3 nitrogen and oxygen atoms in total. The standard InChI is InChI=1S/C28H32NO2/c1-26(2)20-25(21-27(3,4)29(26)30)31-28(22-14-8-5-9-15-22,23-16-10-6-11-17-23)24-18-12-7-13-19-24/h5-19,25H,20-21H2,1-4H3. The fraction of sp³-hybridized carbons (Fsp3) is 0.357. The molecule has 0 N–H and O–H groups in total. The molecule has 0 aromatic heterocycles. The van der Waals surface area contributed by atoms with Gasteiger partial charge in [0.2, 0.25) is 0 Å². The van der Waals surface area contributed by atoms with Crippen LogP contribution in [-0.2, 0) is 15.5 Å². The first-order chi connectivity index (χ1) is 14.8. The summed E-state index contributed by atoms with van der Waals surface area (Å²) in [6.45, 7) is 8.08. The Balaban J connectivity index is 1.89. The lowest BCUT2D eigenvalue weighted by molar-refractivity contribution is -0.305. The van der Waals surface area contributed by atoms with Gasteiger partial charge in [-0.25, -0.2) is 0 Å². The Morgan fingerprint density at radius 2 is 1.00 bits per heavy atom. The van der Waals surface area contributed by atoms with E-state index in [-0.39, 0.29) is 6.10 Å². The number of nitrogens with zero attached hydrogens (tertiary/aromatic N) is 1. The molecule has 0 amide bonds. The third-order valence-electron chi connectivity index (χ3n) is 6.44. The minimum atomic E-state index is -0.758. The summed E-state index contributed by atoms with van der Waals surface area (Å²) in [6, 6.07) is 31.3. The highest BCUT2D eigenvalue weighted by atomic mass is 16.5. The fourth-order valence-corrected chi connectivity index (χ4v) is 5.23. The van der Waals surface area contributed by atoms with Crippen molar-refractivity contribution in [2.24, 2.45) is 0 Å². The Hall–Kier alpha value is -2.46. The molecular weight excluding hydrogens is 382 g/mol. The van der Waals surface area contributed by atoms with Crippen LogP contribution in [0.25, 0.3) is 0 Å². The zero-order valence-corrected chi connectivity index (χ0v) is 18.9. The predicted molar refractivity (Wildman–Crippen MR) is 124 cm³/mol. The third kappa shape index (κ3) is 4.06. The van der Waals surface area contributed by atoms with Crippen LogP contribution < -0.4 is 0 Å². The molecule has 0 aliphatic carbocycles. The van der Waals surface area contributed by atoms with E-state index in [2.05, 4.69) is 72.8 Å². The van der Waals surface area contributed by atoms with Crippen molar-refractivity contribution in [1.82, 2.24) is 5.06 Å². The van der Waals surface area contributed by atoms with Crippen molar-refractivity contribution in [3.05, 3.63) is 108 Å². The number of rotatable bonds is 5. The maximum Gasteiger partial charge on any atom is 0.144 e. The van der Waals surface area contributed by atoms with E-state index in [1.807, 2.05) is 45.9 Å². The van der Waals surface area contributed by atoms with E-state index in [9.17, 15) is 5.21 Å². The van der Waals surface area contributed by atoms with E-state index in [0.717, 1.165) is 16.7 Å². The summed E-state index contributed by atoms with van der Waals surface area (Å²) in [4.78, 5) is 0. The summed E-state index contributed by atoms with van der Waals surface area (Å²) < 4.78 is 7.19. The summed E-state index contributed by atoms with van der Waals surface area (Å²) in [6.07, 6.45) is 1.28. The van der Waals surface area contributed by atoms with Crippen molar-refractivity contribution in [3.8, 4) is 0 Å². The summed E-state index contributed by atoms with van der Waals surface area (Å²) in [5.41, 5.74) is 1.52. The number of hydrogen-bond acceptors (Lipinski definition) is 2. The third-order valence-corrected chi connectivity index (χ3v) is 6.44. The predicted octanol–water partition coefficient (Wildman–Crippen LogP) is 6.36. The first-order valence-electron chi connectivity index (χ1n) is 11.1. The lowest BCUT2D eigenvalue weighted by Gasteiger charge is -2.51. The van der Waals surface area contributed by atoms with Gasteiger partial charge in [0.25, 0.3) is 0 Å². The lowest BCUT2D eigenvalue weighted by Crippen LogP contribution is -2.60. The molecule has 0 spiro atoms. The van der Waals surface area contributed by atoms with Crippen LogP contribution in [-0.4, -0.2) is 22.2 Å². The second-order valence-corrected chi connectivity index (χ2v) is 9.85. The minimum absolute atomic E-state index is 0.0733. The Labute approximate surface area is 186 Å². The molecule has 161 valence electrons. The van der Waals surface area contributed by atoms with E-state index < -0.39 is 16.7 Å². The van der Waals surface area contributed by atoms with Crippen LogP contribution in [0.2, 0.25) is 0 Å². The van der Waals surface area contributed by atoms with Crippen LogP contribution in [0, 0.1) is 0 Å². The van der Waals surface area contributed by atoms with Crippen molar-refractivity contribution in [2.75, 3.05) is 0 Å². The molecule has 4 rings (SSSR count). The molecule has 1 aliphatic rings. The largest absolute Gasteiger partial charge is 0.357 e. The zero-order valence-electron chi connectivity index (χ0n) is 18.9.